The van der Waals surface area contributed by atoms with Gasteiger partial charge in [-0.2, -0.15) is 0 Å². The first-order valence-corrected chi connectivity index (χ1v) is 10.5. The van der Waals surface area contributed by atoms with E-state index in [1.54, 1.807) is 19.2 Å². The summed E-state index contributed by atoms with van der Waals surface area (Å²) in [7, 11) is 1.55. The first kappa shape index (κ1) is 22.1. The van der Waals surface area contributed by atoms with E-state index in [-0.39, 0.29) is 27.8 Å². The van der Waals surface area contributed by atoms with Crippen LogP contribution in [0.15, 0.2) is 24.5 Å². The number of aromatic nitrogens is 1. The monoisotopic (exact) mass is 467 g/mol. The minimum atomic E-state index is -0.650. The fourth-order valence-corrected chi connectivity index (χ4v) is 4.09. The fraction of sp³-hybridized carbons (Fsp3) is 0.455. The van der Waals surface area contributed by atoms with Gasteiger partial charge in [0.2, 0.25) is 5.75 Å². The van der Waals surface area contributed by atoms with Gasteiger partial charge in [-0.1, -0.05) is 29.3 Å². The summed E-state index contributed by atoms with van der Waals surface area (Å²) >= 11 is 12.3. The Bertz CT molecular complexity index is 979. The Kier molecular flexibility index (Phi) is 6.05. The first-order valence-electron chi connectivity index (χ1n) is 9.79. The zero-order valence-electron chi connectivity index (χ0n) is 17.5. The highest BCUT2D eigenvalue weighted by Crippen LogP contribution is 2.45. The smallest absolute Gasteiger partial charge is 0.203 e. The second kappa shape index (κ2) is 8.47. The number of carbonyl (C=O) groups is 1. The van der Waals surface area contributed by atoms with Crippen molar-refractivity contribution < 1.29 is 28.5 Å². The van der Waals surface area contributed by atoms with E-state index in [1.807, 2.05) is 13.8 Å². The van der Waals surface area contributed by atoms with Gasteiger partial charge >= 0.3 is 0 Å². The highest BCUT2D eigenvalue weighted by Gasteiger charge is 2.44. The molecule has 166 valence electrons. The van der Waals surface area contributed by atoms with Gasteiger partial charge in [-0.05, 0) is 19.9 Å². The normalized spacial score (nSPS) is 19.0. The van der Waals surface area contributed by atoms with Crippen LogP contribution in [0.5, 0.6) is 17.2 Å². The van der Waals surface area contributed by atoms with Gasteiger partial charge in [-0.25, -0.2) is 0 Å². The molecule has 0 bridgehead atoms. The van der Waals surface area contributed by atoms with Gasteiger partial charge < -0.3 is 23.7 Å². The molecule has 0 aliphatic carbocycles. The van der Waals surface area contributed by atoms with Crippen LogP contribution >= 0.6 is 23.2 Å². The number of pyridine rings is 1. The summed E-state index contributed by atoms with van der Waals surface area (Å²) in [6, 6.07) is 3.52. The van der Waals surface area contributed by atoms with Crippen molar-refractivity contribution in [3.05, 3.63) is 45.7 Å². The number of Topliss-reactive ketones (excluding diaryl/α,β-unsaturated/α-hetero) is 1. The molecule has 0 saturated carbocycles. The van der Waals surface area contributed by atoms with Gasteiger partial charge in [0.25, 0.3) is 0 Å². The Morgan fingerprint density at radius 2 is 1.65 bits per heavy atom. The maximum absolute atomic E-state index is 13.0. The van der Waals surface area contributed by atoms with Crippen molar-refractivity contribution in [1.29, 1.82) is 0 Å². The lowest BCUT2D eigenvalue weighted by Gasteiger charge is -2.41. The van der Waals surface area contributed by atoms with E-state index in [0.29, 0.717) is 49.2 Å². The maximum atomic E-state index is 13.0. The third kappa shape index (κ3) is 4.46. The standard InChI is InChI=1S/C22H23Cl2NO6/c1-21(2)30-11-22(12-31-21)9-28-19-13(4-5-17(27-3)20(19)29-10-22)6-16(26)18-14(23)7-25-8-15(18)24/h4-5,7-8H,6,9-12H2,1-3H3. The van der Waals surface area contributed by atoms with Crippen LogP contribution in [0.3, 0.4) is 0 Å². The SMILES string of the molecule is COc1ccc(CC(=O)c2c(Cl)cncc2Cl)c2c1OCC1(CO2)COC(C)(C)OC1. The quantitative estimate of drug-likeness (QED) is 0.617. The van der Waals surface area contributed by atoms with E-state index in [0.717, 1.165) is 0 Å². The van der Waals surface area contributed by atoms with Gasteiger partial charge in [0, 0.05) is 24.4 Å². The van der Waals surface area contributed by atoms with Crippen LogP contribution in [0, 0.1) is 5.41 Å². The second-order valence-electron chi connectivity index (χ2n) is 8.22. The summed E-state index contributed by atoms with van der Waals surface area (Å²) in [4.78, 5) is 16.9. The summed E-state index contributed by atoms with van der Waals surface area (Å²) in [5, 5.41) is 0.402. The van der Waals surface area contributed by atoms with E-state index >= 15 is 0 Å². The molecule has 2 aliphatic rings. The van der Waals surface area contributed by atoms with E-state index in [4.69, 9.17) is 46.9 Å². The van der Waals surface area contributed by atoms with Crippen LogP contribution in [0.4, 0.5) is 0 Å². The molecule has 3 heterocycles. The summed E-state index contributed by atoms with van der Waals surface area (Å²) in [5.41, 5.74) is 0.392. The Balaban J connectivity index is 1.63. The molecule has 4 rings (SSSR count). The number of methoxy groups -OCH3 is 1. The number of carbonyl (C=O) groups excluding carboxylic acids is 1. The molecular weight excluding hydrogens is 445 g/mol. The van der Waals surface area contributed by atoms with Crippen LogP contribution in [-0.2, 0) is 15.9 Å². The van der Waals surface area contributed by atoms with Crippen LogP contribution in [0.25, 0.3) is 0 Å². The van der Waals surface area contributed by atoms with E-state index in [9.17, 15) is 4.79 Å². The van der Waals surface area contributed by atoms with Crippen molar-refractivity contribution >= 4 is 29.0 Å². The second-order valence-corrected chi connectivity index (χ2v) is 9.03. The molecule has 0 unspecified atom stereocenters. The van der Waals surface area contributed by atoms with Crippen molar-refractivity contribution in [2.75, 3.05) is 33.5 Å². The van der Waals surface area contributed by atoms with Gasteiger partial charge in [0.1, 0.15) is 13.2 Å². The Morgan fingerprint density at radius 1 is 1.03 bits per heavy atom. The fourth-order valence-electron chi connectivity index (χ4n) is 3.52. The maximum Gasteiger partial charge on any atom is 0.203 e. The molecule has 2 aliphatic heterocycles. The Morgan fingerprint density at radius 3 is 2.26 bits per heavy atom. The molecule has 0 amide bonds. The van der Waals surface area contributed by atoms with Gasteiger partial charge in [0.05, 0.1) is 41.3 Å². The molecule has 1 fully saturated rings. The number of ketones is 1. The third-order valence-electron chi connectivity index (χ3n) is 5.36. The lowest BCUT2D eigenvalue weighted by molar-refractivity contribution is -0.291. The van der Waals surface area contributed by atoms with Gasteiger partial charge in [0.15, 0.2) is 23.1 Å². The summed E-state index contributed by atoms with van der Waals surface area (Å²) in [6.45, 7) is 5.22. The molecular formula is C22H23Cl2NO6. The van der Waals surface area contributed by atoms with Crippen LogP contribution in [0.2, 0.25) is 10.0 Å². The number of benzene rings is 1. The van der Waals surface area contributed by atoms with Gasteiger partial charge in [-0.3, -0.25) is 9.78 Å². The molecule has 0 radical (unpaired) electrons. The molecule has 31 heavy (non-hydrogen) atoms. The highest BCUT2D eigenvalue weighted by atomic mass is 35.5. The van der Waals surface area contributed by atoms with Crippen molar-refractivity contribution in [2.45, 2.75) is 26.1 Å². The van der Waals surface area contributed by atoms with Crippen LogP contribution in [-0.4, -0.2) is 50.1 Å². The lowest BCUT2D eigenvalue weighted by atomic mass is 9.91. The molecule has 1 aromatic heterocycles. The first-order chi connectivity index (χ1) is 14.7. The van der Waals surface area contributed by atoms with E-state index < -0.39 is 11.2 Å². The average Bonchev–Trinajstić information content (AvgIpc) is 2.92. The van der Waals surface area contributed by atoms with E-state index in [1.165, 1.54) is 12.4 Å². The molecule has 1 aromatic carbocycles. The molecule has 1 saturated heterocycles. The number of ether oxygens (including phenoxy) is 5. The van der Waals surface area contributed by atoms with Crippen molar-refractivity contribution in [1.82, 2.24) is 4.98 Å². The topological polar surface area (TPSA) is 76.1 Å². The van der Waals surface area contributed by atoms with Crippen LogP contribution < -0.4 is 14.2 Å². The summed E-state index contributed by atoms with van der Waals surface area (Å²) in [5.74, 6) is 0.514. The number of rotatable bonds is 4. The zero-order chi connectivity index (χ0) is 22.2. The highest BCUT2D eigenvalue weighted by molar-refractivity contribution is 6.39. The van der Waals surface area contributed by atoms with Gasteiger partial charge in [-0.15, -0.1) is 0 Å². The molecule has 0 N–H and O–H groups in total. The predicted octanol–water partition coefficient (Wildman–Crippen LogP) is 4.36. The van der Waals surface area contributed by atoms with Crippen LogP contribution in [0.1, 0.15) is 29.8 Å². The number of hydrogen-bond acceptors (Lipinski definition) is 7. The number of nitrogens with zero attached hydrogens (tertiary/aromatic N) is 1. The largest absolute Gasteiger partial charge is 0.493 e. The van der Waals surface area contributed by atoms with Crippen molar-refractivity contribution in [2.24, 2.45) is 5.41 Å². The summed E-state index contributed by atoms with van der Waals surface area (Å²) < 4.78 is 29.5. The lowest BCUT2D eigenvalue weighted by Crippen LogP contribution is -2.51. The minimum absolute atomic E-state index is 0.0200. The van der Waals surface area contributed by atoms with Crippen molar-refractivity contribution in [3.63, 3.8) is 0 Å². The Hall–Kier alpha value is -2.06. The summed E-state index contributed by atoms with van der Waals surface area (Å²) in [6.07, 6.45) is 2.80. The molecule has 0 atom stereocenters. The zero-order valence-corrected chi connectivity index (χ0v) is 19.0. The molecule has 1 spiro atoms. The third-order valence-corrected chi connectivity index (χ3v) is 5.93. The van der Waals surface area contributed by atoms with E-state index in [2.05, 4.69) is 4.98 Å². The molecule has 2 aromatic rings. The number of fused-ring (bicyclic) bond motifs is 1. The molecule has 9 heteroatoms. The number of hydrogen-bond donors (Lipinski definition) is 0. The average molecular weight is 468 g/mol. The molecule has 7 nitrogen and oxygen atoms in total. The predicted molar refractivity (Wildman–Crippen MR) is 115 cm³/mol. The minimum Gasteiger partial charge on any atom is -0.493 e. The number of halogens is 2. The van der Waals surface area contributed by atoms with Crippen molar-refractivity contribution in [3.8, 4) is 17.2 Å². The Labute approximate surface area is 190 Å².